The number of pyridine rings is 1. The van der Waals surface area contributed by atoms with Crippen molar-refractivity contribution in [1.29, 1.82) is 5.41 Å². The number of likely N-dealkylation sites (N-methyl/N-ethyl adjacent to an activating group) is 1. The summed E-state index contributed by atoms with van der Waals surface area (Å²) in [5.41, 5.74) is 14.8. The van der Waals surface area contributed by atoms with E-state index in [0.29, 0.717) is 39.6 Å². The third kappa shape index (κ3) is 5.54. The van der Waals surface area contributed by atoms with Gasteiger partial charge in [0.1, 0.15) is 17.3 Å². The molecule has 0 aliphatic heterocycles. The van der Waals surface area contributed by atoms with Gasteiger partial charge in [-0.3, -0.25) is 20.0 Å². The van der Waals surface area contributed by atoms with Gasteiger partial charge in [0, 0.05) is 42.2 Å². The minimum Gasteiger partial charge on any atom is -0.496 e. The number of ether oxygens (including phenoxy) is 2. The Balaban J connectivity index is 1.95. The molecule has 2 amide bonds. The number of nitrogens with two attached hydrogens (primary N) is 2. The number of anilines is 1. The molecule has 0 aliphatic rings. The third-order valence-corrected chi connectivity index (χ3v) is 5.85. The second-order valence-electron chi connectivity index (χ2n) is 8.12. The topological polar surface area (TPSA) is 157 Å². The number of carbonyl (C=O) groups is 2. The number of nitrogens with zero attached hydrogens (tertiary/aromatic N) is 2. The minimum absolute atomic E-state index is 0.128. The molecule has 6 N–H and O–H groups in total. The lowest BCUT2D eigenvalue weighted by molar-refractivity contribution is -0.119. The molecule has 0 bridgehead atoms. The van der Waals surface area contributed by atoms with Crippen LogP contribution in [0.3, 0.4) is 0 Å². The van der Waals surface area contributed by atoms with Gasteiger partial charge in [0.2, 0.25) is 5.91 Å². The predicted octanol–water partition coefficient (Wildman–Crippen LogP) is 2.28. The van der Waals surface area contributed by atoms with Crippen LogP contribution in [0.5, 0.6) is 11.5 Å². The van der Waals surface area contributed by atoms with Gasteiger partial charge in [-0.1, -0.05) is 18.2 Å². The summed E-state index contributed by atoms with van der Waals surface area (Å²) in [5, 5.41) is 10.7. The molecule has 3 aromatic rings. The maximum atomic E-state index is 13.0. The molecular weight excluding hydrogens is 460 g/mol. The Bertz CT molecular complexity index is 1250. The number of benzene rings is 2. The van der Waals surface area contributed by atoms with Crippen molar-refractivity contribution in [2.45, 2.75) is 19.5 Å². The van der Waals surface area contributed by atoms with E-state index < -0.39 is 11.9 Å². The van der Waals surface area contributed by atoms with E-state index >= 15 is 0 Å². The van der Waals surface area contributed by atoms with E-state index in [1.807, 2.05) is 6.92 Å². The fourth-order valence-electron chi connectivity index (χ4n) is 3.92. The fraction of sp³-hybridized carbons (Fsp3) is 0.231. The first-order valence-corrected chi connectivity index (χ1v) is 11.1. The number of amides is 2. The van der Waals surface area contributed by atoms with E-state index in [2.05, 4.69) is 10.3 Å². The maximum Gasteiger partial charge on any atom is 0.251 e. The second kappa shape index (κ2) is 11.2. The van der Waals surface area contributed by atoms with Gasteiger partial charge in [-0.15, -0.1) is 0 Å². The summed E-state index contributed by atoms with van der Waals surface area (Å²) in [6.07, 6.45) is 1.58. The van der Waals surface area contributed by atoms with Gasteiger partial charge in [0.05, 0.1) is 19.9 Å². The van der Waals surface area contributed by atoms with Gasteiger partial charge in [-0.05, 0) is 42.8 Å². The first-order chi connectivity index (χ1) is 17.2. The van der Waals surface area contributed by atoms with Crippen LogP contribution in [0.15, 0.2) is 54.7 Å². The zero-order valence-electron chi connectivity index (χ0n) is 20.7. The van der Waals surface area contributed by atoms with E-state index in [0.717, 1.165) is 5.56 Å². The van der Waals surface area contributed by atoms with E-state index in [4.69, 9.17) is 26.4 Å². The Kier molecular flexibility index (Phi) is 8.11. The Hall–Kier alpha value is -4.60. The molecule has 0 saturated heterocycles. The largest absolute Gasteiger partial charge is 0.496 e. The SMILES string of the molecule is COc1cc(C(=O)NCc2ccc(C(=N)N)cc2N(C)C(C(N)=O)c2ccccn2)cc(OC)c1C. The van der Waals surface area contributed by atoms with Crippen LogP contribution in [0, 0.1) is 12.3 Å². The number of aromatic nitrogens is 1. The number of hydrogen-bond acceptors (Lipinski definition) is 7. The van der Waals surface area contributed by atoms with Crippen LogP contribution >= 0.6 is 0 Å². The molecule has 0 saturated carbocycles. The maximum absolute atomic E-state index is 13.0. The Morgan fingerprint density at radius 1 is 1.06 bits per heavy atom. The van der Waals surface area contributed by atoms with Crippen molar-refractivity contribution in [1.82, 2.24) is 10.3 Å². The second-order valence-corrected chi connectivity index (χ2v) is 8.12. The molecule has 0 aliphatic carbocycles. The van der Waals surface area contributed by atoms with Gasteiger partial charge in [-0.2, -0.15) is 0 Å². The summed E-state index contributed by atoms with van der Waals surface area (Å²) in [6.45, 7) is 1.97. The number of nitrogens with one attached hydrogen (secondary N) is 2. The first kappa shape index (κ1) is 26.0. The highest BCUT2D eigenvalue weighted by atomic mass is 16.5. The van der Waals surface area contributed by atoms with E-state index in [1.165, 1.54) is 14.2 Å². The van der Waals surface area contributed by atoms with Crippen molar-refractivity contribution >= 4 is 23.3 Å². The fourth-order valence-corrected chi connectivity index (χ4v) is 3.92. The van der Waals surface area contributed by atoms with Crippen LogP contribution in [-0.4, -0.2) is 43.9 Å². The Morgan fingerprint density at radius 2 is 1.72 bits per heavy atom. The zero-order valence-corrected chi connectivity index (χ0v) is 20.7. The summed E-state index contributed by atoms with van der Waals surface area (Å²) >= 11 is 0. The molecular formula is C26H30N6O4. The average Bonchev–Trinajstić information content (AvgIpc) is 2.87. The third-order valence-electron chi connectivity index (χ3n) is 5.85. The molecule has 0 fully saturated rings. The smallest absolute Gasteiger partial charge is 0.251 e. The Morgan fingerprint density at radius 3 is 2.25 bits per heavy atom. The molecule has 2 aromatic carbocycles. The standard InChI is InChI=1S/C26H30N6O4/c1-15-21(35-3)12-18(13-22(15)36-4)26(34)31-14-17-9-8-16(24(27)28)11-20(17)32(2)23(25(29)33)19-7-5-6-10-30-19/h5-13,23H,14H2,1-4H3,(H3,27,28)(H2,29,33)(H,31,34). The number of amidine groups is 1. The molecule has 36 heavy (non-hydrogen) atoms. The van der Waals surface area contributed by atoms with E-state index in [9.17, 15) is 9.59 Å². The van der Waals surface area contributed by atoms with E-state index in [1.54, 1.807) is 66.7 Å². The highest BCUT2D eigenvalue weighted by Gasteiger charge is 2.26. The van der Waals surface area contributed by atoms with Gasteiger partial charge >= 0.3 is 0 Å². The van der Waals surface area contributed by atoms with Crippen molar-refractivity contribution in [2.24, 2.45) is 11.5 Å². The molecule has 1 atom stereocenters. The van der Waals surface area contributed by atoms with Gasteiger partial charge < -0.3 is 31.2 Å². The molecule has 10 nitrogen and oxygen atoms in total. The van der Waals surface area contributed by atoms with Crippen LogP contribution in [0.25, 0.3) is 0 Å². The summed E-state index contributed by atoms with van der Waals surface area (Å²) in [6, 6.07) is 12.7. The van der Waals surface area contributed by atoms with Crippen LogP contribution in [0.2, 0.25) is 0 Å². The highest BCUT2D eigenvalue weighted by molar-refractivity contribution is 5.97. The minimum atomic E-state index is -0.881. The lowest BCUT2D eigenvalue weighted by Gasteiger charge is -2.29. The Labute approximate surface area is 209 Å². The molecule has 188 valence electrons. The highest BCUT2D eigenvalue weighted by Crippen LogP contribution is 2.31. The number of primary amides is 1. The summed E-state index contributed by atoms with van der Waals surface area (Å²) in [7, 11) is 4.75. The van der Waals surface area contributed by atoms with Crippen molar-refractivity contribution in [3.05, 3.63) is 82.7 Å². The van der Waals surface area contributed by atoms with Gasteiger partial charge in [0.15, 0.2) is 6.04 Å². The zero-order chi connectivity index (χ0) is 26.4. The van der Waals surface area contributed by atoms with Crippen molar-refractivity contribution in [3.8, 4) is 11.5 Å². The first-order valence-electron chi connectivity index (χ1n) is 11.1. The lowest BCUT2D eigenvalue weighted by Crippen LogP contribution is -2.37. The summed E-state index contributed by atoms with van der Waals surface area (Å²) in [5.74, 6) is -0.00591. The van der Waals surface area contributed by atoms with Crippen molar-refractivity contribution < 1.29 is 19.1 Å². The quantitative estimate of drug-likeness (QED) is 0.251. The van der Waals surface area contributed by atoms with Gasteiger partial charge in [-0.25, -0.2) is 0 Å². The molecule has 0 radical (unpaired) electrons. The van der Waals surface area contributed by atoms with Crippen LogP contribution < -0.4 is 31.2 Å². The molecule has 3 rings (SSSR count). The van der Waals surface area contributed by atoms with Crippen molar-refractivity contribution in [2.75, 3.05) is 26.2 Å². The number of rotatable bonds is 10. The normalized spacial score (nSPS) is 11.3. The van der Waals surface area contributed by atoms with Crippen LogP contribution in [0.1, 0.15) is 38.8 Å². The molecule has 1 unspecified atom stereocenters. The summed E-state index contributed by atoms with van der Waals surface area (Å²) in [4.78, 5) is 31.4. The average molecular weight is 491 g/mol. The molecule has 1 heterocycles. The lowest BCUT2D eigenvalue weighted by atomic mass is 10.0. The molecule has 0 spiro atoms. The number of methoxy groups -OCH3 is 2. The number of carbonyl (C=O) groups excluding carboxylic acids is 2. The van der Waals surface area contributed by atoms with Crippen molar-refractivity contribution in [3.63, 3.8) is 0 Å². The number of nitrogen functional groups attached to an aromatic ring is 1. The number of hydrogen-bond donors (Lipinski definition) is 4. The molecule has 10 heteroatoms. The van der Waals surface area contributed by atoms with E-state index in [-0.39, 0.29) is 18.3 Å². The molecule has 1 aromatic heterocycles. The monoisotopic (exact) mass is 490 g/mol. The predicted molar refractivity (Wildman–Crippen MR) is 137 cm³/mol. The van der Waals surface area contributed by atoms with Crippen LogP contribution in [0.4, 0.5) is 5.69 Å². The van der Waals surface area contributed by atoms with Gasteiger partial charge in [0.25, 0.3) is 5.91 Å². The summed E-state index contributed by atoms with van der Waals surface area (Å²) < 4.78 is 10.7. The van der Waals surface area contributed by atoms with Crippen LogP contribution in [-0.2, 0) is 11.3 Å².